The first kappa shape index (κ1) is 16.2. The van der Waals surface area contributed by atoms with Crippen LogP contribution in [0.3, 0.4) is 0 Å². The van der Waals surface area contributed by atoms with Crippen LogP contribution >= 0.6 is 0 Å². The molecule has 0 atom stereocenters. The molecule has 0 radical (unpaired) electrons. The van der Waals surface area contributed by atoms with Gasteiger partial charge in [0.25, 0.3) is 0 Å². The molecular formula is C19H19N3O. The third-order valence-electron chi connectivity index (χ3n) is 2.91. The van der Waals surface area contributed by atoms with Crippen LogP contribution in [-0.2, 0) is 0 Å². The van der Waals surface area contributed by atoms with Crippen LogP contribution in [0.5, 0.6) is 5.75 Å². The Morgan fingerprint density at radius 2 is 1.13 bits per heavy atom. The second-order valence-corrected chi connectivity index (χ2v) is 4.64. The van der Waals surface area contributed by atoms with Crippen LogP contribution in [0.2, 0.25) is 0 Å². The fraction of sp³-hybridized carbons (Fsp3) is 0.0526. The molecule has 2 N–H and O–H groups in total. The molecule has 0 heterocycles. The molecule has 3 aromatic rings. The molecule has 23 heavy (non-hydrogen) atoms. The van der Waals surface area contributed by atoms with Gasteiger partial charge in [-0.3, -0.25) is 0 Å². The van der Waals surface area contributed by atoms with Crippen molar-refractivity contribution in [2.75, 3.05) is 12.8 Å². The third kappa shape index (κ3) is 6.01. The third-order valence-corrected chi connectivity index (χ3v) is 2.91. The van der Waals surface area contributed by atoms with Gasteiger partial charge in [-0.15, -0.1) is 0 Å². The Hall–Kier alpha value is -3.14. The van der Waals surface area contributed by atoms with Crippen LogP contribution in [0.15, 0.2) is 95.2 Å². The van der Waals surface area contributed by atoms with Crippen molar-refractivity contribution in [3.8, 4) is 5.75 Å². The van der Waals surface area contributed by atoms with E-state index in [2.05, 4.69) is 10.2 Å². The minimum absolute atomic E-state index is 0.730. The minimum Gasteiger partial charge on any atom is -0.497 e. The predicted octanol–water partition coefficient (Wildman–Crippen LogP) is 5.38. The first-order valence-electron chi connectivity index (χ1n) is 7.19. The summed E-state index contributed by atoms with van der Waals surface area (Å²) in [6, 6.07) is 26.6. The molecule has 3 aromatic carbocycles. The summed E-state index contributed by atoms with van der Waals surface area (Å²) in [5.74, 6) is 0.910. The topological polar surface area (TPSA) is 60.0 Å². The number of hydrogen-bond acceptors (Lipinski definition) is 4. The Morgan fingerprint density at radius 1 is 0.652 bits per heavy atom. The van der Waals surface area contributed by atoms with Crippen LogP contribution in [0.1, 0.15) is 0 Å². The molecule has 0 fully saturated rings. The van der Waals surface area contributed by atoms with E-state index in [1.165, 1.54) is 0 Å². The first-order chi connectivity index (χ1) is 11.3. The number of methoxy groups -OCH3 is 1. The first-order valence-corrected chi connectivity index (χ1v) is 7.19. The molecule has 0 aliphatic carbocycles. The highest BCUT2D eigenvalue weighted by Gasteiger charge is 1.89. The zero-order valence-electron chi connectivity index (χ0n) is 13.0. The van der Waals surface area contributed by atoms with Crippen LogP contribution < -0.4 is 10.5 Å². The minimum atomic E-state index is 0.730. The van der Waals surface area contributed by atoms with Gasteiger partial charge in [0, 0.05) is 5.69 Å². The molecule has 0 spiro atoms. The number of rotatable bonds is 3. The number of nitrogens with two attached hydrogens (primary N) is 1. The van der Waals surface area contributed by atoms with Gasteiger partial charge in [-0.05, 0) is 48.5 Å². The fourth-order valence-electron chi connectivity index (χ4n) is 1.71. The van der Waals surface area contributed by atoms with E-state index >= 15 is 0 Å². The number of ether oxygens (including phenoxy) is 1. The van der Waals surface area contributed by atoms with E-state index in [0.717, 1.165) is 22.8 Å². The summed E-state index contributed by atoms with van der Waals surface area (Å²) >= 11 is 0. The number of hydrogen-bond donors (Lipinski definition) is 1. The van der Waals surface area contributed by atoms with Crippen molar-refractivity contribution < 1.29 is 4.74 Å². The standard InChI is InChI=1S/C12H11N3.C7H8O/c13-10-6-8-12(9-7-10)15-14-11-4-2-1-3-5-11;1-8-7-5-3-2-4-6-7/h1-9H,13H2;2-6H,1H3. The maximum atomic E-state index is 5.56. The summed E-state index contributed by atoms with van der Waals surface area (Å²) in [5.41, 5.74) is 7.93. The highest BCUT2D eigenvalue weighted by atomic mass is 16.5. The summed E-state index contributed by atoms with van der Waals surface area (Å²) in [6.07, 6.45) is 0. The van der Waals surface area contributed by atoms with Gasteiger partial charge < -0.3 is 10.5 Å². The number of nitrogen functional groups attached to an aromatic ring is 1. The van der Waals surface area contributed by atoms with Crippen molar-refractivity contribution in [3.05, 3.63) is 84.9 Å². The van der Waals surface area contributed by atoms with Crippen molar-refractivity contribution in [1.82, 2.24) is 0 Å². The maximum Gasteiger partial charge on any atom is 0.118 e. The SMILES string of the molecule is COc1ccccc1.Nc1ccc(N=Nc2ccccc2)cc1. The summed E-state index contributed by atoms with van der Waals surface area (Å²) in [5, 5.41) is 8.18. The van der Waals surface area contributed by atoms with Gasteiger partial charge in [-0.2, -0.15) is 10.2 Å². The molecule has 4 heteroatoms. The summed E-state index contributed by atoms with van der Waals surface area (Å²) < 4.78 is 4.91. The van der Waals surface area contributed by atoms with Crippen molar-refractivity contribution in [1.29, 1.82) is 0 Å². The van der Waals surface area contributed by atoms with E-state index in [1.807, 2.05) is 72.8 Å². The summed E-state index contributed by atoms with van der Waals surface area (Å²) in [7, 11) is 1.66. The molecule has 3 rings (SSSR count). The van der Waals surface area contributed by atoms with Gasteiger partial charge in [-0.1, -0.05) is 36.4 Å². The zero-order valence-corrected chi connectivity index (χ0v) is 13.0. The lowest BCUT2D eigenvalue weighted by atomic mass is 10.3. The molecule has 4 nitrogen and oxygen atoms in total. The number of nitrogens with zero attached hydrogens (tertiary/aromatic N) is 2. The predicted molar refractivity (Wildman–Crippen MR) is 94.5 cm³/mol. The summed E-state index contributed by atoms with van der Waals surface area (Å²) in [6.45, 7) is 0. The van der Waals surface area contributed by atoms with Crippen LogP contribution in [0, 0.1) is 0 Å². The van der Waals surface area contributed by atoms with Gasteiger partial charge in [0.15, 0.2) is 0 Å². The van der Waals surface area contributed by atoms with Crippen LogP contribution in [-0.4, -0.2) is 7.11 Å². The molecule has 0 bridgehead atoms. The summed E-state index contributed by atoms with van der Waals surface area (Å²) in [4.78, 5) is 0. The second-order valence-electron chi connectivity index (χ2n) is 4.64. The molecule has 0 saturated heterocycles. The highest BCUT2D eigenvalue weighted by Crippen LogP contribution is 2.18. The quantitative estimate of drug-likeness (QED) is 0.521. The molecular weight excluding hydrogens is 286 g/mol. The normalized spacial score (nSPS) is 9.96. The largest absolute Gasteiger partial charge is 0.497 e. The van der Waals surface area contributed by atoms with Gasteiger partial charge in [0.1, 0.15) is 5.75 Å². The second kappa shape index (κ2) is 9.00. The lowest BCUT2D eigenvalue weighted by molar-refractivity contribution is 0.415. The van der Waals surface area contributed by atoms with E-state index in [-0.39, 0.29) is 0 Å². The van der Waals surface area contributed by atoms with E-state index in [1.54, 1.807) is 19.2 Å². The monoisotopic (exact) mass is 305 g/mol. The highest BCUT2D eigenvalue weighted by molar-refractivity contribution is 5.47. The van der Waals surface area contributed by atoms with Crippen LogP contribution in [0.4, 0.5) is 17.1 Å². The molecule has 0 aliphatic heterocycles. The molecule has 116 valence electrons. The number of benzene rings is 3. The van der Waals surface area contributed by atoms with Crippen molar-refractivity contribution >= 4 is 17.1 Å². The molecule has 0 aliphatic rings. The smallest absolute Gasteiger partial charge is 0.118 e. The Morgan fingerprint density at radius 3 is 1.61 bits per heavy atom. The van der Waals surface area contributed by atoms with Crippen molar-refractivity contribution in [2.45, 2.75) is 0 Å². The Balaban J connectivity index is 0.000000203. The number of para-hydroxylation sites is 1. The maximum absolute atomic E-state index is 5.56. The Bertz CT molecular complexity index is 711. The number of anilines is 1. The van der Waals surface area contributed by atoms with Crippen LogP contribution in [0.25, 0.3) is 0 Å². The van der Waals surface area contributed by atoms with Gasteiger partial charge in [0.2, 0.25) is 0 Å². The lowest BCUT2D eigenvalue weighted by Crippen LogP contribution is -1.80. The average molecular weight is 305 g/mol. The van der Waals surface area contributed by atoms with Gasteiger partial charge >= 0.3 is 0 Å². The van der Waals surface area contributed by atoms with Gasteiger partial charge in [-0.25, -0.2) is 0 Å². The van der Waals surface area contributed by atoms with Gasteiger partial charge in [0.05, 0.1) is 18.5 Å². The lowest BCUT2D eigenvalue weighted by Gasteiger charge is -1.93. The van der Waals surface area contributed by atoms with E-state index in [9.17, 15) is 0 Å². The molecule has 0 saturated carbocycles. The fourth-order valence-corrected chi connectivity index (χ4v) is 1.71. The van der Waals surface area contributed by atoms with E-state index in [4.69, 9.17) is 10.5 Å². The van der Waals surface area contributed by atoms with E-state index in [0.29, 0.717) is 0 Å². The number of azo groups is 1. The molecule has 0 amide bonds. The van der Waals surface area contributed by atoms with Crippen molar-refractivity contribution in [3.63, 3.8) is 0 Å². The molecule has 0 aromatic heterocycles. The Labute approximate surface area is 136 Å². The van der Waals surface area contributed by atoms with E-state index < -0.39 is 0 Å². The average Bonchev–Trinajstić information content (AvgIpc) is 2.63. The Kier molecular flexibility index (Phi) is 6.35. The molecule has 0 unspecified atom stereocenters. The zero-order chi connectivity index (χ0) is 16.3. The van der Waals surface area contributed by atoms with Crippen molar-refractivity contribution in [2.24, 2.45) is 10.2 Å².